The normalized spacial score (nSPS) is 20.7. The van der Waals surface area contributed by atoms with Crippen molar-refractivity contribution >= 4 is 23.4 Å². The number of hydrogen-bond acceptors (Lipinski definition) is 3. The Morgan fingerprint density at radius 3 is 2.71 bits per heavy atom. The van der Waals surface area contributed by atoms with Crippen LogP contribution in [0.5, 0.6) is 0 Å². The molecule has 1 aliphatic rings. The molecule has 0 aromatic carbocycles. The fourth-order valence-corrected chi connectivity index (χ4v) is 3.50. The summed E-state index contributed by atoms with van der Waals surface area (Å²) in [6, 6.07) is 1.48. The van der Waals surface area contributed by atoms with Crippen LogP contribution in [0, 0.1) is 5.92 Å². The minimum absolute atomic E-state index is 0.0247. The van der Waals surface area contributed by atoms with Crippen LogP contribution >= 0.6 is 11.6 Å². The van der Waals surface area contributed by atoms with Gasteiger partial charge in [0.2, 0.25) is 5.91 Å². The molecule has 1 aliphatic heterocycles. The van der Waals surface area contributed by atoms with Crippen LogP contribution < -0.4 is 5.32 Å². The minimum Gasteiger partial charge on any atom is -0.350 e. The lowest BCUT2D eigenvalue weighted by Crippen LogP contribution is -2.34. The van der Waals surface area contributed by atoms with Crippen LogP contribution in [0.3, 0.4) is 0 Å². The van der Waals surface area contributed by atoms with E-state index in [1.54, 1.807) is 42.0 Å². The standard InChI is InChI=1S/C16H20ClN5O2/c1-20-5-4-18-15(20)14-10(6-13(23)22(14)3)8-19-16(24)12-7-11(17)9-21(12)2/h4-5,7,9-10,14H,6,8H2,1-3H3,(H,19,24)/t10-,14+/m0/s1. The molecule has 2 aromatic heterocycles. The largest absolute Gasteiger partial charge is 0.350 e. The summed E-state index contributed by atoms with van der Waals surface area (Å²) in [6.45, 7) is 0.398. The number of aryl methyl sites for hydroxylation is 2. The molecule has 128 valence electrons. The quantitative estimate of drug-likeness (QED) is 0.906. The van der Waals surface area contributed by atoms with Gasteiger partial charge in [0, 0.05) is 58.6 Å². The molecule has 1 fully saturated rings. The molecule has 0 saturated carbocycles. The first-order chi connectivity index (χ1) is 11.4. The fourth-order valence-electron chi connectivity index (χ4n) is 3.25. The Morgan fingerprint density at radius 2 is 2.12 bits per heavy atom. The van der Waals surface area contributed by atoms with E-state index in [0.29, 0.717) is 23.7 Å². The molecule has 1 saturated heterocycles. The summed E-state index contributed by atoms with van der Waals surface area (Å²) >= 11 is 5.92. The minimum atomic E-state index is -0.204. The number of nitrogens with zero attached hydrogens (tertiary/aromatic N) is 4. The van der Waals surface area contributed by atoms with Gasteiger partial charge in [-0.05, 0) is 6.07 Å². The third-order valence-electron chi connectivity index (χ3n) is 4.55. The van der Waals surface area contributed by atoms with Gasteiger partial charge in [0.1, 0.15) is 11.5 Å². The topological polar surface area (TPSA) is 72.2 Å². The molecule has 24 heavy (non-hydrogen) atoms. The smallest absolute Gasteiger partial charge is 0.267 e. The fraction of sp³-hybridized carbons (Fsp3) is 0.438. The molecule has 2 atom stereocenters. The van der Waals surface area contributed by atoms with Crippen LogP contribution in [0.4, 0.5) is 0 Å². The van der Waals surface area contributed by atoms with Crippen molar-refractivity contribution in [1.29, 1.82) is 0 Å². The number of amides is 2. The Hall–Kier alpha value is -2.28. The zero-order chi connectivity index (χ0) is 17.4. The third kappa shape index (κ3) is 2.91. The van der Waals surface area contributed by atoms with Gasteiger partial charge in [0.05, 0.1) is 11.1 Å². The summed E-state index contributed by atoms with van der Waals surface area (Å²) in [6.07, 6.45) is 5.64. The molecule has 3 rings (SSSR count). The Morgan fingerprint density at radius 1 is 1.38 bits per heavy atom. The van der Waals surface area contributed by atoms with E-state index in [0.717, 1.165) is 5.82 Å². The summed E-state index contributed by atoms with van der Waals surface area (Å²) in [5.41, 5.74) is 0.492. The number of nitrogens with one attached hydrogen (secondary N) is 1. The highest BCUT2D eigenvalue weighted by Crippen LogP contribution is 2.35. The first kappa shape index (κ1) is 16.6. The van der Waals surface area contributed by atoms with E-state index < -0.39 is 0 Å². The molecular formula is C16H20ClN5O2. The number of carbonyl (C=O) groups excluding carboxylic acids is 2. The average molecular weight is 350 g/mol. The van der Waals surface area contributed by atoms with E-state index in [1.165, 1.54) is 0 Å². The maximum Gasteiger partial charge on any atom is 0.267 e. The molecule has 2 aromatic rings. The molecule has 1 N–H and O–H groups in total. The molecule has 0 radical (unpaired) electrons. The maximum atomic E-state index is 12.3. The van der Waals surface area contributed by atoms with Crippen molar-refractivity contribution in [3.05, 3.63) is 41.2 Å². The van der Waals surface area contributed by atoms with E-state index in [9.17, 15) is 9.59 Å². The van der Waals surface area contributed by atoms with E-state index >= 15 is 0 Å². The van der Waals surface area contributed by atoms with Crippen molar-refractivity contribution in [3.63, 3.8) is 0 Å². The summed E-state index contributed by atoms with van der Waals surface area (Å²) in [7, 11) is 5.45. The number of halogens is 1. The predicted molar refractivity (Wildman–Crippen MR) is 89.6 cm³/mol. The van der Waals surface area contributed by atoms with Crippen LogP contribution in [-0.4, -0.2) is 44.4 Å². The second kappa shape index (κ2) is 6.32. The molecule has 0 bridgehead atoms. The highest BCUT2D eigenvalue weighted by atomic mass is 35.5. The Balaban J connectivity index is 1.74. The molecule has 7 nitrogen and oxygen atoms in total. The molecule has 8 heteroatoms. The predicted octanol–water partition coefficient (Wildman–Crippen LogP) is 1.36. The molecule has 0 spiro atoms. The Bertz CT molecular complexity index is 781. The van der Waals surface area contributed by atoms with Crippen molar-refractivity contribution in [3.8, 4) is 0 Å². The van der Waals surface area contributed by atoms with Crippen molar-refractivity contribution < 1.29 is 9.59 Å². The summed E-state index contributed by atoms with van der Waals surface area (Å²) < 4.78 is 3.59. The molecule has 0 aliphatic carbocycles. The number of rotatable bonds is 4. The number of carbonyl (C=O) groups is 2. The molecular weight excluding hydrogens is 330 g/mol. The summed E-state index contributed by atoms with van der Waals surface area (Å²) in [5, 5.41) is 3.43. The van der Waals surface area contributed by atoms with E-state index in [-0.39, 0.29) is 23.8 Å². The highest BCUT2D eigenvalue weighted by molar-refractivity contribution is 6.31. The van der Waals surface area contributed by atoms with Crippen LogP contribution in [0.15, 0.2) is 24.7 Å². The number of aromatic nitrogens is 3. The van der Waals surface area contributed by atoms with Gasteiger partial charge >= 0.3 is 0 Å². The highest BCUT2D eigenvalue weighted by Gasteiger charge is 2.40. The Labute approximate surface area is 145 Å². The van der Waals surface area contributed by atoms with Gasteiger partial charge in [0.25, 0.3) is 5.91 Å². The number of likely N-dealkylation sites (tertiary alicyclic amines) is 1. The second-order valence-electron chi connectivity index (χ2n) is 6.17. The SMILES string of the molecule is CN1C(=O)C[C@@H](CNC(=O)c2cc(Cl)cn2C)[C@@H]1c1nccn1C. The monoisotopic (exact) mass is 349 g/mol. The van der Waals surface area contributed by atoms with Crippen molar-refractivity contribution in [2.75, 3.05) is 13.6 Å². The van der Waals surface area contributed by atoms with Crippen LogP contribution in [0.1, 0.15) is 28.8 Å². The summed E-state index contributed by atoms with van der Waals surface area (Å²) in [4.78, 5) is 30.6. The van der Waals surface area contributed by atoms with Gasteiger partial charge in [-0.15, -0.1) is 0 Å². The van der Waals surface area contributed by atoms with Gasteiger partial charge in [-0.3, -0.25) is 9.59 Å². The average Bonchev–Trinajstić information content (AvgIpc) is 3.16. The van der Waals surface area contributed by atoms with Gasteiger partial charge in [-0.25, -0.2) is 4.98 Å². The van der Waals surface area contributed by atoms with Gasteiger partial charge in [-0.2, -0.15) is 0 Å². The first-order valence-corrected chi connectivity index (χ1v) is 8.09. The lowest BCUT2D eigenvalue weighted by atomic mass is 9.99. The van der Waals surface area contributed by atoms with E-state index in [4.69, 9.17) is 11.6 Å². The van der Waals surface area contributed by atoms with Gasteiger partial charge < -0.3 is 19.4 Å². The van der Waals surface area contributed by atoms with Crippen LogP contribution in [0.25, 0.3) is 0 Å². The maximum absolute atomic E-state index is 12.3. The Kier molecular flexibility index (Phi) is 4.36. The third-order valence-corrected chi connectivity index (χ3v) is 4.75. The lowest BCUT2D eigenvalue weighted by Gasteiger charge is -2.24. The summed E-state index contributed by atoms with van der Waals surface area (Å²) in [5.74, 6) is 0.655. The lowest BCUT2D eigenvalue weighted by molar-refractivity contribution is -0.127. The first-order valence-electron chi connectivity index (χ1n) is 7.71. The van der Waals surface area contributed by atoms with Gasteiger partial charge in [-0.1, -0.05) is 11.6 Å². The zero-order valence-electron chi connectivity index (χ0n) is 13.9. The molecule has 0 unspecified atom stereocenters. The van der Waals surface area contributed by atoms with Crippen molar-refractivity contribution in [2.24, 2.45) is 20.0 Å². The second-order valence-corrected chi connectivity index (χ2v) is 6.61. The van der Waals surface area contributed by atoms with E-state index in [2.05, 4.69) is 10.3 Å². The van der Waals surface area contributed by atoms with Crippen molar-refractivity contribution in [1.82, 2.24) is 24.3 Å². The molecule has 3 heterocycles. The van der Waals surface area contributed by atoms with E-state index in [1.807, 2.05) is 17.8 Å². The van der Waals surface area contributed by atoms with Gasteiger partial charge in [0.15, 0.2) is 0 Å². The van der Waals surface area contributed by atoms with Crippen LogP contribution in [-0.2, 0) is 18.9 Å². The number of hydrogen-bond donors (Lipinski definition) is 1. The number of imidazole rings is 1. The molecule has 2 amide bonds. The van der Waals surface area contributed by atoms with Crippen molar-refractivity contribution in [2.45, 2.75) is 12.5 Å². The zero-order valence-corrected chi connectivity index (χ0v) is 14.6. The van der Waals surface area contributed by atoms with Crippen LogP contribution in [0.2, 0.25) is 5.02 Å².